The van der Waals surface area contributed by atoms with E-state index in [4.69, 9.17) is 23.2 Å². The van der Waals surface area contributed by atoms with E-state index in [1.54, 1.807) is 0 Å². The lowest BCUT2D eigenvalue weighted by molar-refractivity contribution is 0.351. The van der Waals surface area contributed by atoms with E-state index in [0.717, 1.165) is 35.5 Å². The van der Waals surface area contributed by atoms with Gasteiger partial charge in [0, 0.05) is 29.4 Å². The van der Waals surface area contributed by atoms with Crippen molar-refractivity contribution in [1.29, 1.82) is 0 Å². The zero-order valence-corrected chi connectivity index (χ0v) is 13.3. The van der Waals surface area contributed by atoms with Gasteiger partial charge in [0.1, 0.15) is 0 Å². The molecule has 0 N–H and O–H groups in total. The first-order chi connectivity index (χ1) is 9.13. The highest BCUT2D eigenvalue weighted by atomic mass is 35.5. The first-order valence-corrected chi connectivity index (χ1v) is 8.13. The Kier molecular flexibility index (Phi) is 5.41. The van der Waals surface area contributed by atoms with Crippen molar-refractivity contribution >= 4 is 28.9 Å². The summed E-state index contributed by atoms with van der Waals surface area (Å²) in [6.45, 7) is 6.91. The molecule has 1 fully saturated rings. The highest BCUT2D eigenvalue weighted by Crippen LogP contribution is 2.32. The monoisotopic (exact) mass is 299 g/mol. The molecule has 1 aromatic carbocycles. The minimum atomic E-state index is 0.485. The molecule has 1 aliphatic rings. The van der Waals surface area contributed by atoms with Crippen molar-refractivity contribution in [2.24, 2.45) is 11.8 Å². The summed E-state index contributed by atoms with van der Waals surface area (Å²) in [7, 11) is 0. The first-order valence-electron chi connectivity index (χ1n) is 7.21. The Labute approximate surface area is 126 Å². The number of nitrogens with zero attached hydrogens (tertiary/aromatic N) is 1. The van der Waals surface area contributed by atoms with Crippen LogP contribution in [0.2, 0.25) is 5.02 Å². The molecule has 1 saturated heterocycles. The highest BCUT2D eigenvalue weighted by Gasteiger charge is 2.21. The van der Waals surface area contributed by atoms with E-state index in [9.17, 15) is 0 Å². The molecule has 1 heterocycles. The van der Waals surface area contributed by atoms with Crippen LogP contribution < -0.4 is 4.90 Å². The van der Waals surface area contributed by atoms with Crippen molar-refractivity contribution in [3.05, 3.63) is 28.8 Å². The Hall–Kier alpha value is -0.400. The number of anilines is 1. The molecule has 0 aliphatic carbocycles. The van der Waals surface area contributed by atoms with Crippen LogP contribution in [0.1, 0.15) is 38.7 Å². The molecule has 3 heteroatoms. The molecule has 1 aromatic rings. The molecule has 0 radical (unpaired) electrons. The maximum Gasteiger partial charge on any atom is 0.0509 e. The van der Waals surface area contributed by atoms with Crippen LogP contribution in [-0.2, 0) is 5.88 Å². The molecule has 0 saturated carbocycles. The van der Waals surface area contributed by atoms with Crippen LogP contribution in [0, 0.1) is 11.8 Å². The highest BCUT2D eigenvalue weighted by molar-refractivity contribution is 6.32. The smallest absolute Gasteiger partial charge is 0.0509 e. The number of halogens is 2. The second-order valence-corrected chi connectivity index (χ2v) is 6.47. The van der Waals surface area contributed by atoms with E-state index in [-0.39, 0.29) is 0 Å². The molecule has 0 amide bonds. The Morgan fingerprint density at radius 1 is 1.26 bits per heavy atom. The fourth-order valence-electron chi connectivity index (χ4n) is 3.01. The molecule has 0 bridgehead atoms. The average Bonchev–Trinajstić information content (AvgIpc) is 2.64. The Balaban J connectivity index is 2.16. The quantitative estimate of drug-likeness (QED) is 0.681. The molecule has 1 aliphatic heterocycles. The molecule has 1 unspecified atom stereocenters. The maximum absolute atomic E-state index is 6.26. The topological polar surface area (TPSA) is 3.24 Å². The van der Waals surface area contributed by atoms with E-state index in [2.05, 4.69) is 24.8 Å². The van der Waals surface area contributed by atoms with Gasteiger partial charge in [-0.15, -0.1) is 11.6 Å². The van der Waals surface area contributed by atoms with Crippen LogP contribution in [0.3, 0.4) is 0 Å². The molecule has 1 atom stereocenters. The summed E-state index contributed by atoms with van der Waals surface area (Å²) in [5.74, 6) is 2.12. The summed E-state index contributed by atoms with van der Waals surface area (Å²) in [6.07, 6.45) is 3.87. The van der Waals surface area contributed by atoms with E-state index in [1.807, 2.05) is 12.1 Å². The van der Waals surface area contributed by atoms with Gasteiger partial charge in [0.2, 0.25) is 0 Å². The number of alkyl halides is 1. The predicted molar refractivity (Wildman–Crippen MR) is 85.4 cm³/mol. The first kappa shape index (κ1) is 15.0. The fourth-order valence-corrected chi connectivity index (χ4v) is 3.59. The third-order valence-electron chi connectivity index (χ3n) is 4.28. The van der Waals surface area contributed by atoms with Crippen LogP contribution in [0.25, 0.3) is 0 Å². The molecular formula is C16H23Cl2N. The van der Waals surface area contributed by atoms with Crippen molar-refractivity contribution < 1.29 is 0 Å². The number of hydrogen-bond acceptors (Lipinski definition) is 1. The van der Waals surface area contributed by atoms with Crippen LogP contribution in [0.15, 0.2) is 18.2 Å². The van der Waals surface area contributed by atoms with Gasteiger partial charge in [-0.1, -0.05) is 31.5 Å². The normalized spacial score (nSPS) is 20.7. The van der Waals surface area contributed by atoms with Crippen molar-refractivity contribution in [2.45, 2.75) is 39.0 Å². The lowest BCUT2D eigenvalue weighted by atomic mass is 9.89. The lowest BCUT2D eigenvalue weighted by Crippen LogP contribution is -2.25. The number of rotatable bonds is 3. The van der Waals surface area contributed by atoms with E-state index in [1.165, 1.54) is 24.9 Å². The van der Waals surface area contributed by atoms with Gasteiger partial charge in [-0.05, 0) is 43.2 Å². The van der Waals surface area contributed by atoms with Crippen molar-refractivity contribution in [3.8, 4) is 0 Å². The molecular weight excluding hydrogens is 277 g/mol. The zero-order chi connectivity index (χ0) is 13.8. The van der Waals surface area contributed by atoms with Gasteiger partial charge in [-0.2, -0.15) is 0 Å². The van der Waals surface area contributed by atoms with Gasteiger partial charge in [0.15, 0.2) is 0 Å². The van der Waals surface area contributed by atoms with Crippen molar-refractivity contribution in [3.63, 3.8) is 0 Å². The molecule has 2 rings (SSSR count). The SMILES string of the molecule is CC(C)C1CCCN(c2cccc(Cl)c2CCl)CC1. The van der Waals surface area contributed by atoms with Crippen molar-refractivity contribution in [2.75, 3.05) is 18.0 Å². The summed E-state index contributed by atoms with van der Waals surface area (Å²) < 4.78 is 0. The summed E-state index contributed by atoms with van der Waals surface area (Å²) in [5, 5.41) is 0.789. The second-order valence-electron chi connectivity index (χ2n) is 5.79. The minimum absolute atomic E-state index is 0.485. The molecule has 0 spiro atoms. The minimum Gasteiger partial charge on any atom is -0.371 e. The van der Waals surface area contributed by atoms with Gasteiger partial charge in [0.25, 0.3) is 0 Å². The third kappa shape index (κ3) is 3.58. The summed E-state index contributed by atoms with van der Waals surface area (Å²) in [5.41, 5.74) is 2.31. The molecule has 106 valence electrons. The van der Waals surface area contributed by atoms with Crippen LogP contribution in [0.5, 0.6) is 0 Å². The number of benzene rings is 1. The third-order valence-corrected chi connectivity index (χ3v) is 4.91. The van der Waals surface area contributed by atoms with E-state index >= 15 is 0 Å². The molecule has 19 heavy (non-hydrogen) atoms. The van der Waals surface area contributed by atoms with Gasteiger partial charge >= 0.3 is 0 Å². The van der Waals surface area contributed by atoms with Gasteiger partial charge in [-0.25, -0.2) is 0 Å². The number of hydrogen-bond donors (Lipinski definition) is 0. The fraction of sp³-hybridized carbons (Fsp3) is 0.625. The average molecular weight is 300 g/mol. The van der Waals surface area contributed by atoms with Gasteiger partial charge in [0.05, 0.1) is 5.88 Å². The lowest BCUT2D eigenvalue weighted by Gasteiger charge is -2.26. The summed E-state index contributed by atoms with van der Waals surface area (Å²) >= 11 is 12.3. The van der Waals surface area contributed by atoms with Crippen LogP contribution in [-0.4, -0.2) is 13.1 Å². The standard InChI is InChI=1S/C16H23Cl2N/c1-12(2)13-5-4-9-19(10-8-13)16-7-3-6-15(18)14(16)11-17/h3,6-7,12-13H,4-5,8-11H2,1-2H3. The summed E-state index contributed by atoms with van der Waals surface area (Å²) in [6, 6.07) is 6.11. The zero-order valence-electron chi connectivity index (χ0n) is 11.8. The Bertz CT molecular complexity index is 417. The van der Waals surface area contributed by atoms with E-state index < -0.39 is 0 Å². The predicted octanol–water partition coefficient (Wildman–Crippen LogP) is 5.34. The van der Waals surface area contributed by atoms with Gasteiger partial charge < -0.3 is 4.90 Å². The van der Waals surface area contributed by atoms with Crippen molar-refractivity contribution in [1.82, 2.24) is 0 Å². The Morgan fingerprint density at radius 3 is 2.74 bits per heavy atom. The Morgan fingerprint density at radius 2 is 2.05 bits per heavy atom. The van der Waals surface area contributed by atoms with Crippen LogP contribution >= 0.6 is 23.2 Å². The second kappa shape index (κ2) is 6.85. The summed E-state index contributed by atoms with van der Waals surface area (Å²) in [4.78, 5) is 2.46. The molecule has 0 aromatic heterocycles. The maximum atomic E-state index is 6.26. The van der Waals surface area contributed by atoms with E-state index in [0.29, 0.717) is 5.88 Å². The van der Waals surface area contributed by atoms with Gasteiger partial charge in [-0.3, -0.25) is 0 Å². The molecule has 1 nitrogen and oxygen atoms in total. The largest absolute Gasteiger partial charge is 0.371 e. The van der Waals surface area contributed by atoms with Crippen LogP contribution in [0.4, 0.5) is 5.69 Å².